The molecule has 2 unspecified atom stereocenters. The zero-order valence-electron chi connectivity index (χ0n) is 10.7. The molecule has 0 saturated heterocycles. The van der Waals surface area contributed by atoms with E-state index in [1.54, 1.807) is 0 Å². The molecule has 94 valence electrons. The monoisotopic (exact) mass is 226 g/mol. The lowest BCUT2D eigenvalue weighted by atomic mass is 9.92. The van der Waals surface area contributed by atoms with E-state index < -0.39 is 0 Å². The van der Waals surface area contributed by atoms with E-state index in [0.29, 0.717) is 12.1 Å². The van der Waals surface area contributed by atoms with Crippen molar-refractivity contribution in [2.75, 3.05) is 27.2 Å². The Morgan fingerprint density at radius 3 is 2.62 bits per heavy atom. The van der Waals surface area contributed by atoms with E-state index in [-0.39, 0.29) is 0 Å². The number of rotatable bonds is 6. The molecule has 1 N–H and O–H groups in total. The van der Waals surface area contributed by atoms with Crippen molar-refractivity contribution in [3.63, 3.8) is 0 Å². The third kappa shape index (κ3) is 3.44. The Bertz CT molecular complexity index is 206. The first-order valence-corrected chi connectivity index (χ1v) is 6.77. The SMILES string of the molecule is COC1CCCCC1NCCN(C)C1CC1. The van der Waals surface area contributed by atoms with Crippen LogP contribution in [0.5, 0.6) is 0 Å². The third-order valence-electron chi connectivity index (χ3n) is 4.05. The quantitative estimate of drug-likeness (QED) is 0.745. The second-order valence-corrected chi connectivity index (χ2v) is 5.33. The van der Waals surface area contributed by atoms with Crippen LogP contribution in [-0.4, -0.2) is 50.3 Å². The van der Waals surface area contributed by atoms with Crippen molar-refractivity contribution in [1.82, 2.24) is 10.2 Å². The fourth-order valence-electron chi connectivity index (χ4n) is 2.74. The van der Waals surface area contributed by atoms with E-state index in [1.165, 1.54) is 45.1 Å². The fourth-order valence-corrected chi connectivity index (χ4v) is 2.74. The highest BCUT2D eigenvalue weighted by Gasteiger charge is 2.27. The van der Waals surface area contributed by atoms with Gasteiger partial charge in [0.05, 0.1) is 6.10 Å². The molecule has 0 aromatic rings. The van der Waals surface area contributed by atoms with Crippen LogP contribution < -0.4 is 5.32 Å². The van der Waals surface area contributed by atoms with Crippen LogP contribution in [0.1, 0.15) is 38.5 Å². The van der Waals surface area contributed by atoms with Crippen LogP contribution in [0.4, 0.5) is 0 Å². The van der Waals surface area contributed by atoms with Crippen molar-refractivity contribution in [1.29, 1.82) is 0 Å². The number of nitrogens with one attached hydrogen (secondary N) is 1. The number of hydrogen-bond donors (Lipinski definition) is 1. The van der Waals surface area contributed by atoms with Crippen LogP contribution in [0.15, 0.2) is 0 Å². The molecule has 2 aliphatic carbocycles. The molecule has 0 heterocycles. The molecule has 2 atom stereocenters. The Balaban J connectivity index is 1.63. The molecule has 3 heteroatoms. The summed E-state index contributed by atoms with van der Waals surface area (Å²) in [5, 5.41) is 3.67. The van der Waals surface area contributed by atoms with Gasteiger partial charge in [0.25, 0.3) is 0 Å². The van der Waals surface area contributed by atoms with E-state index in [1.807, 2.05) is 7.11 Å². The van der Waals surface area contributed by atoms with Gasteiger partial charge in [-0.25, -0.2) is 0 Å². The summed E-state index contributed by atoms with van der Waals surface area (Å²) < 4.78 is 5.54. The first kappa shape index (κ1) is 12.3. The number of ether oxygens (including phenoxy) is 1. The summed E-state index contributed by atoms with van der Waals surface area (Å²) in [5.41, 5.74) is 0. The molecule has 0 aliphatic heterocycles. The summed E-state index contributed by atoms with van der Waals surface area (Å²) in [6, 6.07) is 1.47. The molecule has 2 aliphatic rings. The highest BCUT2D eigenvalue weighted by molar-refractivity contribution is 4.84. The minimum atomic E-state index is 0.444. The maximum absolute atomic E-state index is 5.54. The van der Waals surface area contributed by atoms with Crippen molar-refractivity contribution in [3.05, 3.63) is 0 Å². The van der Waals surface area contributed by atoms with Crippen molar-refractivity contribution in [2.45, 2.75) is 56.7 Å². The number of likely N-dealkylation sites (N-methyl/N-ethyl adjacent to an activating group) is 1. The Hall–Kier alpha value is -0.120. The molecule has 0 aromatic heterocycles. The smallest absolute Gasteiger partial charge is 0.0724 e. The van der Waals surface area contributed by atoms with Crippen LogP contribution in [0.3, 0.4) is 0 Å². The predicted molar refractivity (Wildman–Crippen MR) is 66.7 cm³/mol. The highest BCUT2D eigenvalue weighted by atomic mass is 16.5. The summed E-state index contributed by atoms with van der Waals surface area (Å²) in [6.07, 6.45) is 8.45. The van der Waals surface area contributed by atoms with Crippen molar-refractivity contribution >= 4 is 0 Å². The van der Waals surface area contributed by atoms with Crippen LogP contribution >= 0.6 is 0 Å². The molecule has 0 radical (unpaired) electrons. The summed E-state index contributed by atoms with van der Waals surface area (Å²) in [6.45, 7) is 2.29. The molecule has 0 spiro atoms. The lowest BCUT2D eigenvalue weighted by molar-refractivity contribution is 0.0412. The van der Waals surface area contributed by atoms with Crippen molar-refractivity contribution < 1.29 is 4.74 Å². The summed E-state index contributed by atoms with van der Waals surface area (Å²) in [7, 11) is 4.09. The minimum Gasteiger partial charge on any atom is -0.380 e. The maximum atomic E-state index is 5.54. The normalized spacial score (nSPS) is 30.9. The second-order valence-electron chi connectivity index (χ2n) is 5.33. The maximum Gasteiger partial charge on any atom is 0.0724 e. The zero-order valence-corrected chi connectivity index (χ0v) is 10.7. The molecule has 2 fully saturated rings. The molecule has 16 heavy (non-hydrogen) atoms. The molecule has 0 bridgehead atoms. The minimum absolute atomic E-state index is 0.444. The topological polar surface area (TPSA) is 24.5 Å². The number of hydrogen-bond acceptors (Lipinski definition) is 3. The van der Waals surface area contributed by atoms with Gasteiger partial charge >= 0.3 is 0 Å². The highest BCUT2D eigenvalue weighted by Crippen LogP contribution is 2.25. The number of methoxy groups -OCH3 is 1. The molecule has 2 saturated carbocycles. The molecule has 2 rings (SSSR count). The standard InChI is InChI=1S/C13H26N2O/c1-15(11-7-8-11)10-9-14-12-5-3-4-6-13(12)16-2/h11-14H,3-10H2,1-2H3. The Morgan fingerprint density at radius 1 is 1.19 bits per heavy atom. The van der Waals surface area contributed by atoms with Gasteiger partial charge in [0, 0.05) is 32.3 Å². The molecule has 3 nitrogen and oxygen atoms in total. The van der Waals surface area contributed by atoms with Gasteiger partial charge in [-0.15, -0.1) is 0 Å². The van der Waals surface area contributed by atoms with Gasteiger partial charge in [-0.05, 0) is 32.7 Å². The summed E-state index contributed by atoms with van der Waals surface area (Å²) in [5.74, 6) is 0. The predicted octanol–water partition coefficient (Wildman–Crippen LogP) is 1.63. The second kappa shape index (κ2) is 5.99. The zero-order chi connectivity index (χ0) is 11.4. The van der Waals surface area contributed by atoms with Gasteiger partial charge in [0.1, 0.15) is 0 Å². The Labute approximate surface area is 99.5 Å². The van der Waals surface area contributed by atoms with E-state index in [9.17, 15) is 0 Å². The molecular formula is C13H26N2O. The van der Waals surface area contributed by atoms with E-state index in [4.69, 9.17) is 4.74 Å². The van der Waals surface area contributed by atoms with Crippen molar-refractivity contribution in [2.24, 2.45) is 0 Å². The largest absolute Gasteiger partial charge is 0.380 e. The van der Waals surface area contributed by atoms with E-state index in [2.05, 4.69) is 17.3 Å². The van der Waals surface area contributed by atoms with Crippen LogP contribution in [-0.2, 0) is 4.74 Å². The van der Waals surface area contributed by atoms with Gasteiger partial charge in [0.2, 0.25) is 0 Å². The molecule has 0 amide bonds. The van der Waals surface area contributed by atoms with Gasteiger partial charge in [-0.2, -0.15) is 0 Å². The van der Waals surface area contributed by atoms with Gasteiger partial charge < -0.3 is 15.0 Å². The van der Waals surface area contributed by atoms with E-state index >= 15 is 0 Å². The van der Waals surface area contributed by atoms with Crippen LogP contribution in [0.2, 0.25) is 0 Å². The lowest BCUT2D eigenvalue weighted by Gasteiger charge is -2.31. The van der Waals surface area contributed by atoms with Gasteiger partial charge in [0.15, 0.2) is 0 Å². The summed E-state index contributed by atoms with van der Waals surface area (Å²) in [4.78, 5) is 2.48. The lowest BCUT2D eigenvalue weighted by Crippen LogP contribution is -2.45. The Kier molecular flexibility index (Phi) is 4.62. The number of nitrogens with zero attached hydrogens (tertiary/aromatic N) is 1. The molecule has 0 aromatic carbocycles. The van der Waals surface area contributed by atoms with E-state index in [0.717, 1.165) is 12.6 Å². The average Bonchev–Trinajstić information content (AvgIpc) is 3.13. The van der Waals surface area contributed by atoms with Crippen LogP contribution in [0.25, 0.3) is 0 Å². The van der Waals surface area contributed by atoms with Gasteiger partial charge in [-0.1, -0.05) is 12.8 Å². The van der Waals surface area contributed by atoms with Crippen molar-refractivity contribution in [3.8, 4) is 0 Å². The van der Waals surface area contributed by atoms with Crippen LogP contribution in [0, 0.1) is 0 Å². The van der Waals surface area contributed by atoms with Gasteiger partial charge in [-0.3, -0.25) is 0 Å². The fraction of sp³-hybridized carbons (Fsp3) is 1.00. The average molecular weight is 226 g/mol. The third-order valence-corrected chi connectivity index (χ3v) is 4.05. The molecular weight excluding hydrogens is 200 g/mol. The first-order valence-electron chi connectivity index (χ1n) is 6.77. The summed E-state index contributed by atoms with van der Waals surface area (Å²) >= 11 is 0. The first-order chi connectivity index (χ1) is 7.81. The Morgan fingerprint density at radius 2 is 1.94 bits per heavy atom.